The lowest BCUT2D eigenvalue weighted by atomic mass is 10.3. The molecule has 0 N–H and O–H groups in total. The maximum Gasteiger partial charge on any atom is 0.138 e. The van der Waals surface area contributed by atoms with Crippen molar-refractivity contribution in [3.63, 3.8) is 0 Å². The number of hydrogen-bond donors (Lipinski definition) is 0. The molecule has 0 saturated heterocycles. The standard InChI is InChI=1S/3C4H10.3C3H3N3.CH4/c3*1-4(2)3;1-4-2-6-3-5-1;1-2-5-6-3-4-1;1-2-4-6-5-3-1;/h3*4H,1-3H3;3*1-3H;1H4. The number of nitrogens with zero attached hydrogens (tertiary/aromatic N) is 9. The fourth-order valence-corrected chi connectivity index (χ4v) is 0.615. The Morgan fingerprint density at radius 3 is 0.903 bits per heavy atom. The predicted molar refractivity (Wildman–Crippen MR) is 128 cm³/mol. The molecule has 0 aliphatic rings. The highest BCUT2D eigenvalue weighted by Gasteiger charge is 1.69. The molecule has 0 radical (unpaired) electrons. The van der Waals surface area contributed by atoms with E-state index in [4.69, 9.17) is 0 Å². The summed E-state index contributed by atoms with van der Waals surface area (Å²) in [5.41, 5.74) is 0. The molecule has 31 heavy (non-hydrogen) atoms. The zero-order valence-corrected chi connectivity index (χ0v) is 20.0. The summed E-state index contributed by atoms with van der Waals surface area (Å²) in [6, 6.07) is 1.72. The molecule has 0 saturated carbocycles. The van der Waals surface area contributed by atoms with Gasteiger partial charge in [0.25, 0.3) is 0 Å². The van der Waals surface area contributed by atoms with Crippen LogP contribution in [-0.2, 0) is 0 Å². The molecule has 0 bridgehead atoms. The first kappa shape index (κ1) is 35.5. The van der Waals surface area contributed by atoms with Crippen LogP contribution in [0.15, 0.2) is 56.2 Å². The molecule has 176 valence electrons. The molecule has 3 rings (SSSR count). The second kappa shape index (κ2) is 31.7. The monoisotopic (exact) mass is 433 g/mol. The normalized spacial score (nSPS) is 8.13. The molecule has 9 nitrogen and oxygen atoms in total. The lowest BCUT2D eigenvalue weighted by Crippen LogP contribution is -1.78. The molecule has 0 amide bonds. The summed E-state index contributed by atoms with van der Waals surface area (Å²) < 4.78 is 0. The maximum atomic E-state index is 3.61. The minimum absolute atomic E-state index is 0. The average molecular weight is 434 g/mol. The van der Waals surface area contributed by atoms with Gasteiger partial charge in [0.1, 0.15) is 25.3 Å². The van der Waals surface area contributed by atoms with Crippen molar-refractivity contribution in [3.8, 4) is 0 Å². The summed E-state index contributed by atoms with van der Waals surface area (Å²) in [6.45, 7) is 19.5. The van der Waals surface area contributed by atoms with Crippen LogP contribution in [0.4, 0.5) is 0 Å². The Labute approximate surface area is 189 Å². The van der Waals surface area contributed by atoms with Gasteiger partial charge in [-0.3, -0.25) is 0 Å². The van der Waals surface area contributed by atoms with Crippen LogP contribution < -0.4 is 0 Å². The molecule has 9 heteroatoms. The van der Waals surface area contributed by atoms with E-state index in [1.54, 1.807) is 24.7 Å². The predicted octanol–water partition coefficient (Wildman–Crippen LogP) is 5.24. The van der Waals surface area contributed by atoms with Crippen molar-refractivity contribution in [2.45, 2.75) is 69.7 Å². The third kappa shape index (κ3) is 75.0. The molecular formula is C22H43N9. The Kier molecular flexibility index (Phi) is 36.3. The lowest BCUT2D eigenvalue weighted by molar-refractivity contribution is 0.736. The highest BCUT2D eigenvalue weighted by molar-refractivity contribution is 4.69. The molecule has 0 atom stereocenters. The van der Waals surface area contributed by atoms with Crippen molar-refractivity contribution in [2.75, 3.05) is 0 Å². The van der Waals surface area contributed by atoms with Crippen molar-refractivity contribution in [1.82, 2.24) is 45.5 Å². The van der Waals surface area contributed by atoms with E-state index in [0.29, 0.717) is 0 Å². The van der Waals surface area contributed by atoms with Crippen molar-refractivity contribution >= 4 is 0 Å². The first-order valence-corrected chi connectivity index (χ1v) is 9.89. The van der Waals surface area contributed by atoms with E-state index in [9.17, 15) is 0 Å². The van der Waals surface area contributed by atoms with E-state index in [1.165, 1.54) is 31.5 Å². The molecule has 3 aromatic rings. The minimum Gasteiger partial charge on any atom is -0.241 e. The Morgan fingerprint density at radius 1 is 0.419 bits per heavy atom. The van der Waals surface area contributed by atoms with E-state index in [2.05, 4.69) is 108 Å². The van der Waals surface area contributed by atoms with Crippen molar-refractivity contribution in [3.05, 3.63) is 56.2 Å². The third-order valence-corrected chi connectivity index (χ3v) is 1.21. The number of rotatable bonds is 0. The van der Waals surface area contributed by atoms with Gasteiger partial charge in [-0.15, -0.1) is 15.3 Å². The Bertz CT molecular complexity index is 418. The van der Waals surface area contributed by atoms with Crippen LogP contribution in [0.25, 0.3) is 0 Å². The molecular weight excluding hydrogens is 390 g/mol. The van der Waals surface area contributed by atoms with Crippen molar-refractivity contribution in [2.24, 2.45) is 17.8 Å². The van der Waals surface area contributed by atoms with Gasteiger partial charge < -0.3 is 0 Å². The van der Waals surface area contributed by atoms with Gasteiger partial charge in [0.15, 0.2) is 0 Å². The highest BCUT2D eigenvalue weighted by Crippen LogP contribution is 1.82. The number of hydrogen-bond acceptors (Lipinski definition) is 9. The van der Waals surface area contributed by atoms with E-state index >= 15 is 0 Å². The average Bonchev–Trinajstić information content (AvgIpc) is 2.72. The van der Waals surface area contributed by atoms with Crippen LogP contribution >= 0.6 is 0 Å². The SMILES string of the molecule is C.CC(C)C.CC(C)C.CC(C)C.c1cnncn1.c1cnnnc1.c1ncncn1. The fourth-order valence-electron chi connectivity index (χ4n) is 0.615. The largest absolute Gasteiger partial charge is 0.241 e. The number of aromatic nitrogens is 9. The van der Waals surface area contributed by atoms with E-state index in [0.717, 1.165) is 17.8 Å². The van der Waals surface area contributed by atoms with Crippen LogP contribution in [0.2, 0.25) is 0 Å². The molecule has 0 unspecified atom stereocenters. The van der Waals surface area contributed by atoms with Gasteiger partial charge in [-0.25, -0.2) is 19.9 Å². The fraction of sp³-hybridized carbons (Fsp3) is 0.591. The second-order valence-corrected chi connectivity index (χ2v) is 7.59. The smallest absolute Gasteiger partial charge is 0.138 e. The van der Waals surface area contributed by atoms with Gasteiger partial charge in [0, 0.05) is 6.20 Å². The van der Waals surface area contributed by atoms with Crippen molar-refractivity contribution < 1.29 is 0 Å². The summed E-state index contributed by atoms with van der Waals surface area (Å²) >= 11 is 0. The second-order valence-electron chi connectivity index (χ2n) is 7.59. The minimum atomic E-state index is 0. The van der Waals surface area contributed by atoms with Crippen LogP contribution in [0, 0.1) is 17.8 Å². The maximum absolute atomic E-state index is 3.61. The summed E-state index contributed by atoms with van der Waals surface area (Å²) in [7, 11) is 0. The molecule has 0 aliphatic heterocycles. The van der Waals surface area contributed by atoms with E-state index in [1.807, 2.05) is 0 Å². The van der Waals surface area contributed by atoms with Gasteiger partial charge in [-0.05, 0) is 29.0 Å². The van der Waals surface area contributed by atoms with E-state index in [-0.39, 0.29) is 7.43 Å². The van der Waals surface area contributed by atoms with Crippen molar-refractivity contribution in [1.29, 1.82) is 0 Å². The summed E-state index contributed by atoms with van der Waals surface area (Å²) in [5.74, 6) is 2.50. The van der Waals surface area contributed by atoms with Crippen LogP contribution in [0.1, 0.15) is 69.7 Å². The first-order chi connectivity index (χ1) is 14.2. The molecule has 3 heterocycles. The molecule has 0 aromatic carbocycles. The summed E-state index contributed by atoms with van der Waals surface area (Å²) in [6.07, 6.45) is 12.0. The topological polar surface area (TPSA) is 116 Å². The Morgan fingerprint density at radius 2 is 0.806 bits per heavy atom. The summed E-state index contributed by atoms with van der Waals surface area (Å²) in [5, 5.41) is 17.0. The molecule has 0 aliphatic carbocycles. The van der Waals surface area contributed by atoms with Gasteiger partial charge in [-0.2, -0.15) is 5.10 Å². The van der Waals surface area contributed by atoms with Gasteiger partial charge in [0.2, 0.25) is 0 Å². The zero-order valence-electron chi connectivity index (χ0n) is 20.0. The van der Waals surface area contributed by atoms with Gasteiger partial charge >= 0.3 is 0 Å². The Balaban J connectivity index is -0.000000142. The highest BCUT2D eigenvalue weighted by atomic mass is 15.3. The quantitative estimate of drug-likeness (QED) is 0.469. The molecule has 0 spiro atoms. The third-order valence-electron chi connectivity index (χ3n) is 1.21. The van der Waals surface area contributed by atoms with Gasteiger partial charge in [-0.1, -0.05) is 69.7 Å². The molecule has 3 aromatic heterocycles. The van der Waals surface area contributed by atoms with Gasteiger partial charge in [0.05, 0.1) is 18.6 Å². The van der Waals surface area contributed by atoms with Crippen LogP contribution in [0.3, 0.4) is 0 Å². The van der Waals surface area contributed by atoms with Crippen LogP contribution in [-0.4, -0.2) is 45.5 Å². The summed E-state index contributed by atoms with van der Waals surface area (Å²) in [4.78, 5) is 14.3. The molecule has 0 fully saturated rings. The van der Waals surface area contributed by atoms with E-state index < -0.39 is 0 Å². The van der Waals surface area contributed by atoms with Crippen LogP contribution in [0.5, 0.6) is 0 Å². The zero-order chi connectivity index (χ0) is 23.5. The Hall–Kier alpha value is -2.97. The lowest BCUT2D eigenvalue weighted by Gasteiger charge is -1.79. The first-order valence-electron chi connectivity index (χ1n) is 9.89.